The maximum absolute atomic E-state index is 11.1. The molecular formula is C16H24INO2. The zero-order valence-electron chi connectivity index (χ0n) is 12.1. The number of hydrogen-bond acceptors (Lipinski definition) is 3. The van der Waals surface area contributed by atoms with E-state index in [1.807, 2.05) is 24.3 Å². The highest BCUT2D eigenvalue weighted by Gasteiger charge is 2.39. The molecule has 0 radical (unpaired) electrons. The molecule has 4 heteroatoms. The van der Waals surface area contributed by atoms with Crippen LogP contribution in [-0.2, 0) is 0 Å². The van der Waals surface area contributed by atoms with E-state index in [9.17, 15) is 5.11 Å². The minimum Gasteiger partial charge on any atom is -0.461 e. The molecule has 1 aromatic rings. The monoisotopic (exact) mass is 389 g/mol. The molecule has 1 aliphatic rings. The van der Waals surface area contributed by atoms with Gasteiger partial charge in [-0.25, -0.2) is 0 Å². The number of ether oxygens (including phenoxy) is 1. The van der Waals surface area contributed by atoms with Gasteiger partial charge in [-0.05, 0) is 60.5 Å². The molecule has 0 aromatic heterocycles. The van der Waals surface area contributed by atoms with Crippen molar-refractivity contribution in [3.63, 3.8) is 0 Å². The predicted molar refractivity (Wildman–Crippen MR) is 89.9 cm³/mol. The third-order valence-electron chi connectivity index (χ3n) is 3.95. The van der Waals surface area contributed by atoms with Crippen LogP contribution in [-0.4, -0.2) is 24.0 Å². The van der Waals surface area contributed by atoms with Crippen molar-refractivity contribution in [2.75, 3.05) is 13.1 Å². The molecule has 3 nitrogen and oxygen atoms in total. The Labute approximate surface area is 135 Å². The van der Waals surface area contributed by atoms with Gasteiger partial charge in [0.25, 0.3) is 0 Å². The standard InChI is InChI=1S/C16H24INO2/c1-2-3-10-16(19,13-7-6-11-18-12-13)20-15-9-5-4-8-14(15)17/h4-5,8-9,13,18-19H,2-3,6-7,10-12H2,1H3/t13-,16?/m1/s1. The summed E-state index contributed by atoms with van der Waals surface area (Å²) in [5.74, 6) is -0.0962. The quantitative estimate of drug-likeness (QED) is 0.578. The van der Waals surface area contributed by atoms with Crippen LogP contribution in [0.4, 0.5) is 0 Å². The first-order valence-electron chi connectivity index (χ1n) is 7.52. The second-order valence-corrected chi connectivity index (χ2v) is 6.69. The molecule has 1 aromatic carbocycles. The fourth-order valence-corrected chi connectivity index (χ4v) is 3.22. The predicted octanol–water partition coefficient (Wildman–Crippen LogP) is 3.55. The number of aliphatic hydroxyl groups is 1. The smallest absolute Gasteiger partial charge is 0.212 e. The van der Waals surface area contributed by atoms with Gasteiger partial charge >= 0.3 is 0 Å². The van der Waals surface area contributed by atoms with Crippen LogP contribution in [0.3, 0.4) is 0 Å². The van der Waals surface area contributed by atoms with Crippen LogP contribution in [0.15, 0.2) is 24.3 Å². The normalized spacial score (nSPS) is 22.2. The molecule has 0 aliphatic carbocycles. The largest absolute Gasteiger partial charge is 0.461 e. The van der Waals surface area contributed by atoms with E-state index in [0.29, 0.717) is 6.42 Å². The Bertz CT molecular complexity index is 421. The number of rotatable bonds is 6. The van der Waals surface area contributed by atoms with Gasteiger partial charge < -0.3 is 15.2 Å². The van der Waals surface area contributed by atoms with E-state index in [2.05, 4.69) is 34.8 Å². The summed E-state index contributed by atoms with van der Waals surface area (Å²) in [7, 11) is 0. The summed E-state index contributed by atoms with van der Waals surface area (Å²) in [4.78, 5) is 0. The fourth-order valence-electron chi connectivity index (χ4n) is 2.72. The number of hydrogen-bond donors (Lipinski definition) is 2. The first-order valence-corrected chi connectivity index (χ1v) is 8.60. The Morgan fingerprint density at radius 2 is 2.25 bits per heavy atom. The highest BCUT2D eigenvalue weighted by Crippen LogP contribution is 2.33. The van der Waals surface area contributed by atoms with Crippen LogP contribution in [0.1, 0.15) is 39.0 Å². The molecule has 1 heterocycles. The molecule has 2 atom stereocenters. The van der Waals surface area contributed by atoms with Gasteiger partial charge in [0, 0.05) is 18.9 Å². The lowest BCUT2D eigenvalue weighted by atomic mass is 9.87. The van der Waals surface area contributed by atoms with Gasteiger partial charge in [-0.3, -0.25) is 0 Å². The summed E-state index contributed by atoms with van der Waals surface area (Å²) >= 11 is 2.26. The summed E-state index contributed by atoms with van der Waals surface area (Å²) < 4.78 is 7.13. The Hall–Kier alpha value is -0.330. The minimum atomic E-state index is -1.05. The summed E-state index contributed by atoms with van der Waals surface area (Å²) in [5, 5.41) is 14.5. The number of piperidine rings is 1. The van der Waals surface area contributed by atoms with Crippen LogP contribution in [0.25, 0.3) is 0 Å². The molecule has 1 fully saturated rings. The van der Waals surface area contributed by atoms with E-state index in [1.54, 1.807) is 0 Å². The molecule has 0 bridgehead atoms. The molecule has 20 heavy (non-hydrogen) atoms. The SMILES string of the molecule is CCCCC(O)(Oc1ccccc1I)[C@@H]1CCCNC1. The van der Waals surface area contributed by atoms with Crippen LogP contribution in [0.2, 0.25) is 0 Å². The van der Waals surface area contributed by atoms with Crippen LogP contribution in [0.5, 0.6) is 5.75 Å². The van der Waals surface area contributed by atoms with Crippen molar-refractivity contribution in [3.05, 3.63) is 27.8 Å². The topological polar surface area (TPSA) is 41.5 Å². The lowest BCUT2D eigenvalue weighted by Crippen LogP contribution is -2.50. The molecule has 2 N–H and O–H groups in total. The van der Waals surface area contributed by atoms with Gasteiger partial charge in [0.1, 0.15) is 5.75 Å². The van der Waals surface area contributed by atoms with Gasteiger partial charge in [-0.1, -0.05) is 25.5 Å². The molecule has 112 valence electrons. The highest BCUT2D eigenvalue weighted by atomic mass is 127. The van der Waals surface area contributed by atoms with Gasteiger partial charge in [0.2, 0.25) is 5.79 Å². The number of benzene rings is 1. The molecule has 2 rings (SSSR count). The lowest BCUT2D eigenvalue weighted by Gasteiger charge is -2.39. The van der Waals surface area contributed by atoms with E-state index in [-0.39, 0.29) is 5.92 Å². The van der Waals surface area contributed by atoms with Gasteiger partial charge in [-0.15, -0.1) is 0 Å². The van der Waals surface area contributed by atoms with E-state index in [0.717, 1.165) is 48.1 Å². The summed E-state index contributed by atoms with van der Waals surface area (Å²) in [6.07, 6.45) is 4.87. The van der Waals surface area contributed by atoms with Gasteiger partial charge in [0.05, 0.1) is 3.57 Å². The lowest BCUT2D eigenvalue weighted by molar-refractivity contribution is -0.187. The van der Waals surface area contributed by atoms with Crippen molar-refractivity contribution in [1.29, 1.82) is 0 Å². The first kappa shape index (κ1) is 16.0. The van der Waals surface area contributed by atoms with E-state index in [4.69, 9.17) is 4.74 Å². The third kappa shape index (κ3) is 4.09. The molecular weight excluding hydrogens is 365 g/mol. The van der Waals surface area contributed by atoms with E-state index in [1.165, 1.54) is 0 Å². The molecule has 1 aliphatic heterocycles. The Morgan fingerprint density at radius 1 is 1.45 bits per heavy atom. The Morgan fingerprint density at radius 3 is 2.90 bits per heavy atom. The van der Waals surface area contributed by atoms with Gasteiger partial charge in [-0.2, -0.15) is 0 Å². The molecule has 0 amide bonds. The second-order valence-electron chi connectivity index (χ2n) is 5.52. The van der Waals surface area contributed by atoms with Crippen LogP contribution < -0.4 is 10.1 Å². The Balaban J connectivity index is 2.15. The van der Waals surface area contributed by atoms with Crippen LogP contribution >= 0.6 is 22.6 Å². The highest BCUT2D eigenvalue weighted by molar-refractivity contribution is 14.1. The molecule has 0 spiro atoms. The molecule has 1 saturated heterocycles. The zero-order valence-corrected chi connectivity index (χ0v) is 14.2. The maximum Gasteiger partial charge on any atom is 0.212 e. The van der Waals surface area contributed by atoms with E-state index < -0.39 is 5.79 Å². The third-order valence-corrected chi connectivity index (χ3v) is 4.84. The summed E-state index contributed by atoms with van der Waals surface area (Å²) in [6, 6.07) is 7.89. The fraction of sp³-hybridized carbons (Fsp3) is 0.625. The van der Waals surface area contributed by atoms with Crippen LogP contribution in [0, 0.1) is 9.49 Å². The van der Waals surface area contributed by atoms with Crippen molar-refractivity contribution in [1.82, 2.24) is 5.32 Å². The summed E-state index contributed by atoms with van der Waals surface area (Å²) in [5.41, 5.74) is 0. The summed E-state index contributed by atoms with van der Waals surface area (Å²) in [6.45, 7) is 4.03. The maximum atomic E-state index is 11.1. The van der Waals surface area contributed by atoms with Gasteiger partial charge in [0.15, 0.2) is 0 Å². The van der Waals surface area contributed by atoms with Crippen molar-refractivity contribution in [2.45, 2.75) is 44.8 Å². The second kappa shape index (κ2) is 7.61. The van der Waals surface area contributed by atoms with Crippen molar-refractivity contribution in [3.8, 4) is 5.75 Å². The molecule has 0 saturated carbocycles. The average Bonchev–Trinajstić information content (AvgIpc) is 2.48. The van der Waals surface area contributed by atoms with Crippen molar-refractivity contribution in [2.24, 2.45) is 5.92 Å². The van der Waals surface area contributed by atoms with Crippen molar-refractivity contribution >= 4 is 22.6 Å². The number of nitrogens with one attached hydrogen (secondary N) is 1. The zero-order chi connectivity index (χ0) is 14.4. The minimum absolute atomic E-state index is 0.166. The number of halogens is 1. The average molecular weight is 389 g/mol. The number of para-hydroxylation sites is 1. The Kier molecular flexibility index (Phi) is 6.11. The number of unbranched alkanes of at least 4 members (excludes halogenated alkanes) is 1. The van der Waals surface area contributed by atoms with E-state index >= 15 is 0 Å². The molecule has 1 unspecified atom stereocenters. The first-order chi connectivity index (χ1) is 9.65. The van der Waals surface area contributed by atoms with Crippen molar-refractivity contribution < 1.29 is 9.84 Å².